The summed E-state index contributed by atoms with van der Waals surface area (Å²) >= 11 is 0. The van der Waals surface area contributed by atoms with Crippen LogP contribution in [0.4, 0.5) is 0 Å². The number of ether oxygens (including phenoxy) is 4. The van der Waals surface area contributed by atoms with Crippen LogP contribution < -0.4 is 0 Å². The van der Waals surface area contributed by atoms with Crippen molar-refractivity contribution < 1.29 is 42.9 Å². The number of hydrogen-bond acceptors (Lipinski definition) is 7. The van der Waals surface area contributed by atoms with Crippen LogP contribution in [0.5, 0.6) is 0 Å². The Labute approximate surface area is 576 Å². The van der Waals surface area contributed by atoms with E-state index in [1.165, 1.54) is 250 Å². The predicted molar refractivity (Wildman–Crippen MR) is 401 cm³/mol. The van der Waals surface area contributed by atoms with Crippen molar-refractivity contribution in [1.82, 2.24) is 0 Å². The van der Waals surface area contributed by atoms with Crippen molar-refractivity contribution in [2.24, 2.45) is 0 Å². The number of carboxylic acids is 1. The molecule has 0 rings (SSSR count). The minimum absolute atomic E-state index is 0.183. The number of esters is 2. The van der Waals surface area contributed by atoms with Gasteiger partial charge < -0.3 is 28.5 Å². The summed E-state index contributed by atoms with van der Waals surface area (Å²) < 4.78 is 23.0. The van der Waals surface area contributed by atoms with Crippen LogP contribution in [0.1, 0.15) is 373 Å². The molecule has 0 aliphatic heterocycles. The van der Waals surface area contributed by atoms with Crippen LogP contribution in [0.15, 0.2) is 85.1 Å². The Hall–Kier alpha value is -3.53. The van der Waals surface area contributed by atoms with Gasteiger partial charge >= 0.3 is 17.9 Å². The molecule has 2 atom stereocenters. The van der Waals surface area contributed by atoms with Gasteiger partial charge in [0.25, 0.3) is 6.29 Å². The lowest BCUT2D eigenvalue weighted by Crippen LogP contribution is -2.40. The summed E-state index contributed by atoms with van der Waals surface area (Å²) in [6, 6.07) is 0. The average molecular weight is 1300 g/mol. The van der Waals surface area contributed by atoms with Gasteiger partial charge in [0.15, 0.2) is 6.10 Å². The zero-order valence-corrected chi connectivity index (χ0v) is 61.9. The molecule has 9 heteroatoms. The predicted octanol–water partition coefficient (Wildman–Crippen LogP) is 25.4. The average Bonchev–Trinajstić information content (AvgIpc) is 3.74. The number of hydrogen-bond donors (Lipinski definition) is 1. The van der Waals surface area contributed by atoms with Gasteiger partial charge in [-0.3, -0.25) is 9.59 Å². The maximum absolute atomic E-state index is 13.0. The highest BCUT2D eigenvalue weighted by Crippen LogP contribution is 2.19. The minimum Gasteiger partial charge on any atom is -0.477 e. The standard InChI is InChI=1S/C84H151NO8/c1-6-8-10-12-14-16-18-20-22-24-26-28-30-32-34-36-37-38-39-40-41-42-43-44-45-47-48-50-52-54-56-58-60-62-64-66-68-70-72-74-81(86)91-78-80(79-92-84(83(88)89)90-77-76-85(3,4)5)93-82(87)75-73-71-69-67-65-63-61-59-57-55-53-51-49-46-35-33-31-29-27-25-23-21-19-17-15-13-11-9-7-2/h9,11,15,17,21,23,27,29,33,35,49,51,55,57,80,84H,6-8,10,12-14,16,18-20,22,24-26,28,30-32,34,36-48,50,52-54,56,58-79H2,1-5H3/p+1/b11-9-,17-15-,23-21-,29-27-,35-33-,51-49-,57-55-. The third kappa shape index (κ3) is 75.7. The lowest BCUT2D eigenvalue weighted by Gasteiger charge is -2.25. The fourth-order valence-corrected chi connectivity index (χ4v) is 11.6. The van der Waals surface area contributed by atoms with Gasteiger partial charge in [0.2, 0.25) is 0 Å². The van der Waals surface area contributed by atoms with Crippen LogP contribution >= 0.6 is 0 Å². The zero-order chi connectivity index (χ0) is 67.5. The van der Waals surface area contributed by atoms with Gasteiger partial charge in [-0.05, 0) is 70.6 Å². The van der Waals surface area contributed by atoms with E-state index >= 15 is 0 Å². The highest BCUT2D eigenvalue weighted by molar-refractivity contribution is 5.71. The first kappa shape index (κ1) is 89.5. The van der Waals surface area contributed by atoms with Gasteiger partial charge in [0, 0.05) is 12.8 Å². The van der Waals surface area contributed by atoms with E-state index in [0.717, 1.165) is 89.9 Å². The largest absolute Gasteiger partial charge is 0.477 e. The van der Waals surface area contributed by atoms with Crippen molar-refractivity contribution >= 4 is 17.9 Å². The Morgan fingerprint density at radius 2 is 0.613 bits per heavy atom. The second-order valence-corrected chi connectivity index (χ2v) is 28.0. The smallest absolute Gasteiger partial charge is 0.361 e. The third-order valence-corrected chi connectivity index (χ3v) is 17.7. The fourth-order valence-electron chi connectivity index (χ4n) is 11.6. The van der Waals surface area contributed by atoms with Crippen LogP contribution in [-0.2, 0) is 33.3 Å². The Balaban J connectivity index is 4.00. The molecule has 0 aromatic rings. The number of carbonyl (C=O) groups is 3. The van der Waals surface area contributed by atoms with Crippen LogP contribution in [0, 0.1) is 0 Å². The number of quaternary nitrogens is 1. The number of carbonyl (C=O) groups excluding carboxylic acids is 2. The Morgan fingerprint density at radius 1 is 0.333 bits per heavy atom. The molecule has 0 heterocycles. The summed E-state index contributed by atoms with van der Waals surface area (Å²) in [5.74, 6) is -2.01. The molecule has 0 spiro atoms. The maximum atomic E-state index is 13.0. The molecule has 0 bridgehead atoms. The molecule has 0 saturated carbocycles. The van der Waals surface area contributed by atoms with Crippen LogP contribution in [0.2, 0.25) is 0 Å². The summed E-state index contributed by atoms with van der Waals surface area (Å²) in [6.45, 7) is 4.80. The quantitative estimate of drug-likeness (QED) is 0.0211. The van der Waals surface area contributed by atoms with Crippen molar-refractivity contribution in [3.8, 4) is 0 Å². The van der Waals surface area contributed by atoms with Gasteiger partial charge in [0.1, 0.15) is 13.2 Å². The Morgan fingerprint density at radius 3 is 0.914 bits per heavy atom. The highest BCUT2D eigenvalue weighted by atomic mass is 16.7. The van der Waals surface area contributed by atoms with E-state index in [0.29, 0.717) is 23.9 Å². The van der Waals surface area contributed by atoms with Gasteiger partial charge in [-0.15, -0.1) is 0 Å². The number of rotatable bonds is 74. The van der Waals surface area contributed by atoms with Crippen molar-refractivity contribution in [2.75, 3.05) is 47.5 Å². The molecule has 0 aliphatic rings. The third-order valence-electron chi connectivity index (χ3n) is 17.7. The normalized spacial score (nSPS) is 13.1. The molecule has 2 unspecified atom stereocenters. The minimum atomic E-state index is -1.52. The van der Waals surface area contributed by atoms with E-state index < -0.39 is 24.3 Å². The summed E-state index contributed by atoms with van der Waals surface area (Å²) in [7, 11) is 5.98. The maximum Gasteiger partial charge on any atom is 0.361 e. The second kappa shape index (κ2) is 74.3. The lowest BCUT2D eigenvalue weighted by molar-refractivity contribution is -0.870. The van der Waals surface area contributed by atoms with E-state index in [1.807, 2.05) is 21.1 Å². The highest BCUT2D eigenvalue weighted by Gasteiger charge is 2.25. The van der Waals surface area contributed by atoms with E-state index in [9.17, 15) is 19.5 Å². The lowest BCUT2D eigenvalue weighted by atomic mass is 10.0. The van der Waals surface area contributed by atoms with Gasteiger partial charge in [-0.1, -0.05) is 375 Å². The second-order valence-electron chi connectivity index (χ2n) is 28.0. The summed E-state index contributed by atoms with van der Waals surface area (Å²) in [5.41, 5.74) is 0. The van der Waals surface area contributed by atoms with Gasteiger partial charge in [0.05, 0.1) is 34.4 Å². The van der Waals surface area contributed by atoms with Crippen LogP contribution in [-0.4, -0.2) is 87.4 Å². The molecule has 1 N–H and O–H groups in total. The van der Waals surface area contributed by atoms with Gasteiger partial charge in [-0.25, -0.2) is 4.79 Å². The first-order valence-electron chi connectivity index (χ1n) is 39.8. The first-order valence-corrected chi connectivity index (χ1v) is 39.8. The zero-order valence-electron chi connectivity index (χ0n) is 61.9. The number of nitrogens with zero attached hydrogens (tertiary/aromatic N) is 1. The molecular formula is C84H152NO8+. The Kier molecular flexibility index (Phi) is 71.4. The van der Waals surface area contributed by atoms with E-state index in [1.54, 1.807) is 0 Å². The topological polar surface area (TPSA) is 108 Å². The number of allylic oxidation sites excluding steroid dienone is 14. The van der Waals surface area contributed by atoms with E-state index in [4.69, 9.17) is 18.9 Å². The number of likely N-dealkylation sites (N-methyl/N-ethyl adjacent to an activating group) is 1. The van der Waals surface area contributed by atoms with Crippen molar-refractivity contribution in [2.45, 2.75) is 386 Å². The molecule has 0 aliphatic carbocycles. The molecule has 93 heavy (non-hydrogen) atoms. The molecule has 0 amide bonds. The van der Waals surface area contributed by atoms with Crippen molar-refractivity contribution in [3.63, 3.8) is 0 Å². The molecule has 0 fully saturated rings. The Bertz CT molecular complexity index is 1810. The molecular weight excluding hydrogens is 1150 g/mol. The molecule has 540 valence electrons. The SMILES string of the molecule is CC/C=C\C/C=C\C/C=C\C/C=C\C/C=C\C/C=C\C/C=C\CCCCCCCCCC(=O)OC(COC(=O)CCCCCCCCCCCCCCCCCCCCCCCCCCCCCCCCCCCCCCCCC)COC(OCC[N+](C)(C)C)C(=O)O. The first-order chi connectivity index (χ1) is 45.6. The molecule has 0 aromatic heterocycles. The number of unbranched alkanes of at least 4 members (excludes halogenated alkanes) is 45. The van der Waals surface area contributed by atoms with E-state index in [-0.39, 0.29) is 32.2 Å². The van der Waals surface area contributed by atoms with Crippen LogP contribution in [0.3, 0.4) is 0 Å². The van der Waals surface area contributed by atoms with Crippen molar-refractivity contribution in [1.29, 1.82) is 0 Å². The van der Waals surface area contributed by atoms with Crippen LogP contribution in [0.25, 0.3) is 0 Å². The fraction of sp³-hybridized carbons (Fsp3) is 0.798. The summed E-state index contributed by atoms with van der Waals surface area (Å²) in [5, 5.41) is 9.77. The number of carboxylic acid groups (broad SMARTS) is 1. The number of aliphatic carboxylic acids is 1. The van der Waals surface area contributed by atoms with Gasteiger partial charge in [-0.2, -0.15) is 0 Å². The molecule has 0 saturated heterocycles. The monoisotopic (exact) mass is 1300 g/mol. The summed E-state index contributed by atoms with van der Waals surface area (Å²) in [4.78, 5) is 37.7. The molecule has 0 radical (unpaired) electrons. The molecule has 9 nitrogen and oxygen atoms in total. The molecule has 0 aromatic carbocycles. The summed E-state index contributed by atoms with van der Waals surface area (Å²) in [6.07, 6.45) is 98.9. The van der Waals surface area contributed by atoms with Crippen molar-refractivity contribution in [3.05, 3.63) is 85.1 Å². The van der Waals surface area contributed by atoms with E-state index in [2.05, 4.69) is 98.9 Å².